The highest BCUT2D eigenvalue weighted by Crippen LogP contribution is 2.40. The van der Waals surface area contributed by atoms with Gasteiger partial charge in [-0.05, 0) is 24.1 Å². The number of nitrogens with zero attached hydrogens (tertiary/aromatic N) is 3. The molecule has 4 rings (SSSR count). The Morgan fingerprint density at radius 2 is 2.10 bits per heavy atom. The summed E-state index contributed by atoms with van der Waals surface area (Å²) in [6.45, 7) is 6.17. The lowest BCUT2D eigenvalue weighted by atomic mass is 9.88. The maximum Gasteiger partial charge on any atom is 0.321 e. The molecule has 2 aromatic rings. The van der Waals surface area contributed by atoms with Crippen LogP contribution in [0.15, 0.2) is 36.7 Å². The first kappa shape index (κ1) is 21.6. The van der Waals surface area contributed by atoms with Crippen molar-refractivity contribution >= 4 is 29.2 Å². The van der Waals surface area contributed by atoms with Crippen molar-refractivity contribution in [2.45, 2.75) is 44.9 Å². The first-order valence-electron chi connectivity index (χ1n) is 10.6. The van der Waals surface area contributed by atoms with Crippen molar-refractivity contribution < 1.29 is 14.3 Å². The molecule has 0 aliphatic carbocycles. The van der Waals surface area contributed by atoms with Crippen LogP contribution in [0.25, 0.3) is 0 Å². The van der Waals surface area contributed by atoms with Crippen molar-refractivity contribution in [3.63, 3.8) is 0 Å². The van der Waals surface area contributed by atoms with Gasteiger partial charge in [-0.15, -0.1) is 0 Å². The fraction of sp³-hybridized carbons (Fsp3) is 0.500. The number of benzene rings is 1. The maximum atomic E-state index is 12.7. The molecule has 1 unspecified atom stereocenters. The normalized spacial score (nSPS) is 19.9. The molecule has 0 saturated carbocycles. The molecule has 9 heteroatoms. The standard InChI is InChI=1S/C22H28ClN5O3/c1-15(2)13-25-19(29)18-14-28-11-8-24-20(28)22(31-18)6-9-27(10-7-22)21(30)26-17-5-3-4-16(23)12-17/h3-5,8,11-12,15,18H,6-7,9-10,13-14H2,1-2H3,(H,25,29)(H,26,30). The van der Waals surface area contributed by atoms with Gasteiger partial charge < -0.3 is 24.8 Å². The van der Waals surface area contributed by atoms with Crippen molar-refractivity contribution in [3.8, 4) is 0 Å². The number of anilines is 1. The third-order valence-corrected chi connectivity index (χ3v) is 6.00. The Labute approximate surface area is 186 Å². The summed E-state index contributed by atoms with van der Waals surface area (Å²) in [4.78, 5) is 31.7. The predicted octanol–water partition coefficient (Wildman–Crippen LogP) is 3.23. The Kier molecular flexibility index (Phi) is 6.20. The Bertz CT molecular complexity index is 952. The van der Waals surface area contributed by atoms with E-state index in [0.29, 0.717) is 55.6 Å². The lowest BCUT2D eigenvalue weighted by molar-refractivity contribution is -0.171. The number of carbonyl (C=O) groups excluding carboxylic acids is 2. The van der Waals surface area contributed by atoms with Crippen molar-refractivity contribution in [1.29, 1.82) is 0 Å². The lowest BCUT2D eigenvalue weighted by Gasteiger charge is -2.45. The summed E-state index contributed by atoms with van der Waals surface area (Å²) in [5, 5.41) is 6.43. The number of hydrogen-bond acceptors (Lipinski definition) is 4. The monoisotopic (exact) mass is 445 g/mol. The molecule has 2 aliphatic heterocycles. The summed E-state index contributed by atoms with van der Waals surface area (Å²) in [6.07, 6.45) is 4.20. The molecule has 8 nitrogen and oxygen atoms in total. The number of ether oxygens (including phenoxy) is 1. The van der Waals surface area contributed by atoms with E-state index in [0.717, 1.165) is 5.82 Å². The summed E-state index contributed by atoms with van der Waals surface area (Å²) in [5.74, 6) is 1.09. The highest BCUT2D eigenvalue weighted by molar-refractivity contribution is 6.30. The van der Waals surface area contributed by atoms with E-state index in [4.69, 9.17) is 16.3 Å². The predicted molar refractivity (Wildman–Crippen MR) is 118 cm³/mol. The van der Waals surface area contributed by atoms with Crippen LogP contribution >= 0.6 is 11.6 Å². The van der Waals surface area contributed by atoms with Gasteiger partial charge in [0.05, 0.1) is 6.54 Å². The number of fused-ring (bicyclic) bond motifs is 2. The van der Waals surface area contributed by atoms with E-state index < -0.39 is 11.7 Å². The number of carbonyl (C=O) groups is 2. The second-order valence-corrected chi connectivity index (χ2v) is 9.01. The fourth-order valence-corrected chi connectivity index (χ4v) is 4.32. The molecular formula is C22H28ClN5O3. The second-order valence-electron chi connectivity index (χ2n) is 8.57. The minimum atomic E-state index is -0.672. The van der Waals surface area contributed by atoms with Gasteiger partial charge in [0.1, 0.15) is 11.4 Å². The van der Waals surface area contributed by atoms with Crippen LogP contribution < -0.4 is 10.6 Å². The number of aromatic nitrogens is 2. The molecule has 166 valence electrons. The summed E-state index contributed by atoms with van der Waals surface area (Å²) in [5.41, 5.74) is -0.0156. The highest BCUT2D eigenvalue weighted by Gasteiger charge is 2.47. The SMILES string of the molecule is CC(C)CNC(=O)C1Cn2ccnc2C2(CCN(C(=O)Nc3cccc(Cl)c3)CC2)O1. The van der Waals surface area contributed by atoms with E-state index in [1.165, 1.54) is 0 Å². The maximum absolute atomic E-state index is 12.7. The average Bonchev–Trinajstić information content (AvgIpc) is 3.22. The zero-order chi connectivity index (χ0) is 22.0. The number of halogens is 1. The van der Waals surface area contributed by atoms with Crippen molar-refractivity contribution in [2.24, 2.45) is 5.92 Å². The van der Waals surface area contributed by atoms with Crippen LogP contribution in [0.4, 0.5) is 10.5 Å². The minimum absolute atomic E-state index is 0.103. The molecular weight excluding hydrogens is 418 g/mol. The van der Waals surface area contributed by atoms with Crippen LogP contribution in [0.1, 0.15) is 32.5 Å². The van der Waals surface area contributed by atoms with Gasteiger partial charge in [0.25, 0.3) is 5.91 Å². The van der Waals surface area contributed by atoms with Gasteiger partial charge in [0.2, 0.25) is 0 Å². The largest absolute Gasteiger partial charge is 0.354 e. The summed E-state index contributed by atoms with van der Waals surface area (Å²) >= 11 is 6.00. The summed E-state index contributed by atoms with van der Waals surface area (Å²) < 4.78 is 8.39. The molecule has 31 heavy (non-hydrogen) atoms. The first-order chi connectivity index (χ1) is 14.9. The van der Waals surface area contributed by atoms with Gasteiger partial charge >= 0.3 is 6.03 Å². The van der Waals surface area contributed by atoms with Crippen molar-refractivity contribution in [1.82, 2.24) is 19.8 Å². The van der Waals surface area contributed by atoms with Gasteiger partial charge in [-0.3, -0.25) is 4.79 Å². The number of piperidine rings is 1. The van der Waals surface area contributed by atoms with Crippen LogP contribution in [0.3, 0.4) is 0 Å². The summed E-state index contributed by atoms with van der Waals surface area (Å²) in [7, 11) is 0. The van der Waals surface area contributed by atoms with Gasteiger partial charge in [-0.1, -0.05) is 31.5 Å². The van der Waals surface area contributed by atoms with E-state index in [1.54, 1.807) is 35.4 Å². The number of urea groups is 1. The smallest absolute Gasteiger partial charge is 0.321 e. The molecule has 1 spiro atoms. The van der Waals surface area contributed by atoms with Crippen LogP contribution in [-0.4, -0.2) is 52.1 Å². The van der Waals surface area contributed by atoms with E-state index >= 15 is 0 Å². The number of likely N-dealkylation sites (tertiary alicyclic amines) is 1. The number of amides is 3. The van der Waals surface area contributed by atoms with Crippen LogP contribution in [0.2, 0.25) is 5.02 Å². The zero-order valence-corrected chi connectivity index (χ0v) is 18.6. The van der Waals surface area contributed by atoms with E-state index in [9.17, 15) is 9.59 Å². The van der Waals surface area contributed by atoms with E-state index in [1.807, 2.05) is 10.8 Å². The third-order valence-electron chi connectivity index (χ3n) is 5.76. The average molecular weight is 446 g/mol. The molecule has 1 atom stereocenters. The molecule has 0 radical (unpaired) electrons. The van der Waals surface area contributed by atoms with Crippen LogP contribution in [-0.2, 0) is 21.7 Å². The Morgan fingerprint density at radius 3 is 2.81 bits per heavy atom. The molecule has 1 fully saturated rings. The van der Waals surface area contributed by atoms with Gasteiger partial charge in [-0.25, -0.2) is 9.78 Å². The molecule has 1 aromatic heterocycles. The molecule has 0 bridgehead atoms. The molecule has 1 saturated heterocycles. The number of nitrogens with one attached hydrogen (secondary N) is 2. The highest BCUT2D eigenvalue weighted by atomic mass is 35.5. The van der Waals surface area contributed by atoms with Crippen molar-refractivity contribution in [2.75, 3.05) is 25.0 Å². The topological polar surface area (TPSA) is 88.5 Å². The summed E-state index contributed by atoms with van der Waals surface area (Å²) in [6, 6.07) is 6.90. The Morgan fingerprint density at radius 1 is 1.32 bits per heavy atom. The molecule has 2 N–H and O–H groups in total. The molecule has 2 aliphatic rings. The zero-order valence-electron chi connectivity index (χ0n) is 17.8. The second kappa shape index (κ2) is 8.88. The van der Waals surface area contributed by atoms with Crippen LogP contribution in [0.5, 0.6) is 0 Å². The number of hydrogen-bond donors (Lipinski definition) is 2. The van der Waals surface area contributed by atoms with Gasteiger partial charge in [0.15, 0.2) is 6.10 Å². The van der Waals surface area contributed by atoms with Crippen LogP contribution in [0, 0.1) is 5.92 Å². The van der Waals surface area contributed by atoms with Crippen molar-refractivity contribution in [3.05, 3.63) is 47.5 Å². The minimum Gasteiger partial charge on any atom is -0.354 e. The number of imidazole rings is 1. The fourth-order valence-electron chi connectivity index (χ4n) is 4.13. The molecule has 1 aromatic carbocycles. The first-order valence-corrected chi connectivity index (χ1v) is 11.0. The molecule has 3 heterocycles. The molecule has 3 amide bonds. The third kappa shape index (κ3) is 4.70. The van der Waals surface area contributed by atoms with Gasteiger partial charge in [-0.2, -0.15) is 0 Å². The van der Waals surface area contributed by atoms with Gasteiger partial charge in [0, 0.05) is 55.6 Å². The quantitative estimate of drug-likeness (QED) is 0.756. The lowest BCUT2D eigenvalue weighted by Crippen LogP contribution is -2.55. The number of rotatable bonds is 4. The van der Waals surface area contributed by atoms with E-state index in [2.05, 4.69) is 29.5 Å². The van der Waals surface area contributed by atoms with E-state index in [-0.39, 0.29) is 11.9 Å². The Balaban J connectivity index is 1.43. The Hall–Kier alpha value is -2.58.